The summed E-state index contributed by atoms with van der Waals surface area (Å²) in [5.41, 5.74) is 0.836. The fraction of sp³-hybridized carbons (Fsp3) is 0.235. The maximum absolute atomic E-state index is 15.0. The molecule has 0 aromatic heterocycles. The molecule has 11 heteroatoms. The largest absolute Gasteiger partial charge is 0.354 e. The number of unbranched alkanes of at least 4 members (excludes halogenated alkanes) is 1. The fourth-order valence-corrected chi connectivity index (χ4v) is 6.36. The molecule has 0 bridgehead atoms. The van der Waals surface area contributed by atoms with Crippen LogP contribution in [0.4, 0.5) is 14.5 Å². The van der Waals surface area contributed by atoms with Gasteiger partial charge in [-0.1, -0.05) is 91.7 Å². The van der Waals surface area contributed by atoms with E-state index in [-0.39, 0.29) is 34.1 Å². The van der Waals surface area contributed by atoms with Crippen molar-refractivity contribution in [3.05, 3.63) is 131 Å². The first-order valence-electron chi connectivity index (χ1n) is 14.5. The maximum Gasteiger partial charge on any atom is 0.264 e. The Hall–Kier alpha value is -4.28. The Morgan fingerprint density at radius 3 is 2.16 bits per heavy atom. The second-order valence-electron chi connectivity index (χ2n) is 10.4. The normalized spacial score (nSPS) is 11.9. The van der Waals surface area contributed by atoms with Gasteiger partial charge in [0.15, 0.2) is 0 Å². The van der Waals surface area contributed by atoms with Gasteiger partial charge in [-0.15, -0.1) is 0 Å². The Morgan fingerprint density at radius 1 is 0.867 bits per heavy atom. The minimum absolute atomic E-state index is 0.0588. The number of anilines is 1. The predicted molar refractivity (Wildman–Crippen MR) is 171 cm³/mol. The Balaban J connectivity index is 1.81. The van der Waals surface area contributed by atoms with Crippen molar-refractivity contribution in [3.8, 4) is 0 Å². The summed E-state index contributed by atoms with van der Waals surface area (Å²) >= 11 is 6.03. The van der Waals surface area contributed by atoms with E-state index < -0.39 is 46.1 Å². The summed E-state index contributed by atoms with van der Waals surface area (Å²) in [7, 11) is -4.39. The summed E-state index contributed by atoms with van der Waals surface area (Å²) in [6.07, 6.45) is 1.63. The fourth-order valence-electron chi connectivity index (χ4n) is 4.76. The predicted octanol–water partition coefficient (Wildman–Crippen LogP) is 6.37. The molecule has 7 nitrogen and oxygen atoms in total. The number of carbonyl (C=O) groups excluding carboxylic acids is 2. The standard InChI is InChI=1S/C34H34ClF2N3O4S/c1-2-3-20-38-34(42)32(21-25-12-6-4-7-13-25)39(23-26-14-10-11-17-30(26)36)33(41)24-40(27-18-19-31(37)29(35)22-27)45(43,44)28-15-8-5-9-16-28/h4-19,22,32H,2-3,20-21,23-24H2,1H3,(H,38,42)/t32-/m0/s1. The number of hydrogen-bond donors (Lipinski definition) is 1. The van der Waals surface area contributed by atoms with Crippen LogP contribution in [0.1, 0.15) is 30.9 Å². The maximum atomic E-state index is 15.0. The molecule has 45 heavy (non-hydrogen) atoms. The number of nitrogens with one attached hydrogen (secondary N) is 1. The molecule has 0 fully saturated rings. The van der Waals surface area contributed by atoms with E-state index >= 15 is 0 Å². The van der Waals surface area contributed by atoms with E-state index in [2.05, 4.69) is 5.32 Å². The molecule has 1 atom stereocenters. The number of sulfonamides is 1. The van der Waals surface area contributed by atoms with E-state index in [1.807, 2.05) is 25.1 Å². The number of benzene rings is 4. The summed E-state index contributed by atoms with van der Waals surface area (Å²) in [6.45, 7) is 1.25. The molecule has 0 spiro atoms. The second-order valence-corrected chi connectivity index (χ2v) is 12.7. The minimum Gasteiger partial charge on any atom is -0.354 e. The molecule has 236 valence electrons. The van der Waals surface area contributed by atoms with Crippen molar-refractivity contribution >= 4 is 39.1 Å². The summed E-state index contributed by atoms with van der Waals surface area (Å²) < 4.78 is 57.8. The zero-order valence-electron chi connectivity index (χ0n) is 24.7. The van der Waals surface area contributed by atoms with Crippen LogP contribution in [0.15, 0.2) is 108 Å². The first kappa shape index (κ1) is 33.6. The van der Waals surface area contributed by atoms with Crippen molar-refractivity contribution in [1.29, 1.82) is 0 Å². The second kappa shape index (κ2) is 15.6. The average molecular weight is 654 g/mol. The van der Waals surface area contributed by atoms with Gasteiger partial charge < -0.3 is 10.2 Å². The Morgan fingerprint density at radius 2 is 1.51 bits per heavy atom. The third kappa shape index (κ3) is 8.67. The van der Waals surface area contributed by atoms with Crippen LogP contribution in [0.25, 0.3) is 0 Å². The van der Waals surface area contributed by atoms with Crippen LogP contribution in [0.2, 0.25) is 5.02 Å². The van der Waals surface area contributed by atoms with Gasteiger partial charge in [-0.3, -0.25) is 13.9 Å². The summed E-state index contributed by atoms with van der Waals surface area (Å²) in [5, 5.41) is 2.54. The van der Waals surface area contributed by atoms with Gasteiger partial charge in [0, 0.05) is 25.1 Å². The highest BCUT2D eigenvalue weighted by Gasteiger charge is 2.35. The third-order valence-electron chi connectivity index (χ3n) is 7.20. The van der Waals surface area contributed by atoms with Gasteiger partial charge >= 0.3 is 0 Å². The molecule has 0 saturated heterocycles. The molecule has 4 rings (SSSR count). The number of halogens is 3. The van der Waals surface area contributed by atoms with E-state index in [1.54, 1.807) is 24.3 Å². The van der Waals surface area contributed by atoms with Gasteiger partial charge in [0.05, 0.1) is 15.6 Å². The summed E-state index contributed by atoms with van der Waals surface area (Å²) in [4.78, 5) is 29.1. The first-order valence-corrected chi connectivity index (χ1v) is 16.3. The van der Waals surface area contributed by atoms with Gasteiger partial charge in [0.2, 0.25) is 11.8 Å². The van der Waals surface area contributed by atoms with Crippen molar-refractivity contribution in [3.63, 3.8) is 0 Å². The number of nitrogens with zero attached hydrogens (tertiary/aromatic N) is 2. The van der Waals surface area contributed by atoms with E-state index in [4.69, 9.17) is 11.6 Å². The lowest BCUT2D eigenvalue weighted by molar-refractivity contribution is -0.140. The number of carbonyl (C=O) groups is 2. The third-order valence-corrected chi connectivity index (χ3v) is 9.28. The van der Waals surface area contributed by atoms with Gasteiger partial charge in [-0.05, 0) is 48.4 Å². The van der Waals surface area contributed by atoms with Crippen molar-refractivity contribution < 1.29 is 26.8 Å². The number of hydrogen-bond acceptors (Lipinski definition) is 4. The van der Waals surface area contributed by atoms with E-state index in [0.717, 1.165) is 28.4 Å². The van der Waals surface area contributed by atoms with Gasteiger partial charge in [0.25, 0.3) is 10.0 Å². The van der Waals surface area contributed by atoms with Crippen molar-refractivity contribution in [2.75, 3.05) is 17.4 Å². The minimum atomic E-state index is -4.39. The van der Waals surface area contributed by atoms with Gasteiger partial charge in [0.1, 0.15) is 24.2 Å². The lowest BCUT2D eigenvalue weighted by Crippen LogP contribution is -2.53. The van der Waals surface area contributed by atoms with E-state index in [1.165, 1.54) is 53.4 Å². The molecule has 0 aliphatic heterocycles. The lowest BCUT2D eigenvalue weighted by Gasteiger charge is -2.34. The molecule has 0 radical (unpaired) electrons. The molecule has 4 aromatic rings. The van der Waals surface area contributed by atoms with Crippen LogP contribution in [0.3, 0.4) is 0 Å². The molecular weight excluding hydrogens is 620 g/mol. The highest BCUT2D eigenvalue weighted by molar-refractivity contribution is 7.92. The zero-order chi connectivity index (χ0) is 32.4. The van der Waals surface area contributed by atoms with Crippen LogP contribution in [0, 0.1) is 11.6 Å². The van der Waals surface area contributed by atoms with Crippen molar-refractivity contribution in [2.24, 2.45) is 0 Å². The summed E-state index contributed by atoms with van der Waals surface area (Å²) in [6, 6.07) is 24.6. The Labute approximate surface area is 267 Å². The molecule has 4 aromatic carbocycles. The lowest BCUT2D eigenvalue weighted by atomic mass is 10.0. The Kier molecular flexibility index (Phi) is 11.7. The van der Waals surface area contributed by atoms with Crippen LogP contribution >= 0.6 is 11.6 Å². The van der Waals surface area contributed by atoms with E-state index in [9.17, 15) is 26.8 Å². The van der Waals surface area contributed by atoms with Crippen molar-refractivity contribution in [1.82, 2.24) is 10.2 Å². The number of amides is 2. The molecular formula is C34H34ClF2N3O4S. The van der Waals surface area contributed by atoms with Crippen LogP contribution in [-0.4, -0.2) is 44.3 Å². The number of rotatable bonds is 14. The van der Waals surface area contributed by atoms with E-state index in [0.29, 0.717) is 13.0 Å². The monoisotopic (exact) mass is 653 g/mol. The van der Waals surface area contributed by atoms with Crippen LogP contribution < -0.4 is 9.62 Å². The summed E-state index contributed by atoms with van der Waals surface area (Å²) in [5.74, 6) is -2.58. The molecule has 0 heterocycles. The highest BCUT2D eigenvalue weighted by atomic mass is 35.5. The van der Waals surface area contributed by atoms with Gasteiger partial charge in [-0.25, -0.2) is 17.2 Å². The van der Waals surface area contributed by atoms with Crippen LogP contribution in [-0.2, 0) is 32.6 Å². The molecule has 0 saturated carbocycles. The van der Waals surface area contributed by atoms with Crippen molar-refractivity contribution in [2.45, 2.75) is 43.7 Å². The smallest absolute Gasteiger partial charge is 0.264 e. The molecule has 1 N–H and O–H groups in total. The molecule has 0 unspecified atom stereocenters. The molecule has 0 aliphatic carbocycles. The van der Waals surface area contributed by atoms with Gasteiger partial charge in [-0.2, -0.15) is 0 Å². The Bertz CT molecular complexity index is 1710. The molecule has 2 amide bonds. The SMILES string of the molecule is CCCCNC(=O)[C@H](Cc1ccccc1)N(Cc1ccccc1F)C(=O)CN(c1ccc(F)c(Cl)c1)S(=O)(=O)c1ccccc1. The first-order chi connectivity index (χ1) is 21.6. The highest BCUT2D eigenvalue weighted by Crippen LogP contribution is 2.28. The topological polar surface area (TPSA) is 86.8 Å². The van der Waals surface area contributed by atoms with Crippen LogP contribution in [0.5, 0.6) is 0 Å². The zero-order valence-corrected chi connectivity index (χ0v) is 26.3. The molecule has 0 aliphatic rings. The average Bonchev–Trinajstić information content (AvgIpc) is 3.04. The quantitative estimate of drug-likeness (QED) is 0.160.